The summed E-state index contributed by atoms with van der Waals surface area (Å²) in [6.45, 7) is 4.55. The van der Waals surface area contributed by atoms with E-state index in [-0.39, 0.29) is 11.8 Å². The molecule has 1 atom stereocenters. The van der Waals surface area contributed by atoms with Crippen molar-refractivity contribution in [2.24, 2.45) is 5.92 Å². The average Bonchev–Trinajstić information content (AvgIpc) is 2.52. The molecule has 2 aromatic rings. The summed E-state index contributed by atoms with van der Waals surface area (Å²) in [6.07, 6.45) is 0.0647. The first-order valence-corrected chi connectivity index (χ1v) is 7.93. The van der Waals surface area contributed by atoms with Gasteiger partial charge in [0.1, 0.15) is 11.3 Å². The smallest absolute Gasteiger partial charge is 0.336 e. The lowest BCUT2D eigenvalue weighted by atomic mass is 10.0. The Morgan fingerprint density at radius 1 is 1.46 bits per heavy atom. The number of rotatable bonds is 4. The van der Waals surface area contributed by atoms with Crippen LogP contribution in [0.3, 0.4) is 0 Å². The zero-order valence-corrected chi connectivity index (χ0v) is 13.6. The summed E-state index contributed by atoms with van der Waals surface area (Å²) < 4.78 is 10.9. The molecule has 3 rings (SSSR count). The van der Waals surface area contributed by atoms with E-state index in [9.17, 15) is 9.59 Å². The first-order valence-electron chi connectivity index (χ1n) is 7.93. The molecule has 124 valence electrons. The largest absolute Gasteiger partial charge is 0.481 e. The number of ether oxygens (including phenoxy) is 1. The lowest BCUT2D eigenvalue weighted by Crippen LogP contribution is -2.53. The number of carbonyl (C=O) groups is 1. The van der Waals surface area contributed by atoms with Crippen molar-refractivity contribution in [3.63, 3.8) is 0 Å². The fraction of sp³-hybridized carbons (Fsp3) is 0.389. The quantitative estimate of drug-likeness (QED) is 0.804. The van der Waals surface area contributed by atoms with Gasteiger partial charge in [0.15, 0.2) is 6.10 Å². The van der Waals surface area contributed by atoms with Crippen LogP contribution in [0.1, 0.15) is 19.4 Å². The first kappa shape index (κ1) is 16.1. The van der Waals surface area contributed by atoms with Gasteiger partial charge < -0.3 is 14.1 Å². The molecular formula is C18H18N2O4. The van der Waals surface area contributed by atoms with E-state index in [1.54, 1.807) is 24.0 Å². The molecule has 6 heteroatoms. The molecular weight excluding hydrogens is 308 g/mol. The van der Waals surface area contributed by atoms with E-state index in [0.717, 1.165) is 17.4 Å². The Hall–Kier alpha value is -2.81. The lowest BCUT2D eigenvalue weighted by Gasteiger charge is -2.36. The van der Waals surface area contributed by atoms with Crippen molar-refractivity contribution in [3.8, 4) is 11.8 Å². The van der Waals surface area contributed by atoms with Crippen LogP contribution in [0.2, 0.25) is 0 Å². The van der Waals surface area contributed by atoms with Gasteiger partial charge in [-0.25, -0.2) is 4.79 Å². The molecule has 1 fully saturated rings. The molecule has 1 amide bonds. The van der Waals surface area contributed by atoms with Crippen LogP contribution in [0.25, 0.3) is 11.0 Å². The van der Waals surface area contributed by atoms with Crippen LogP contribution in [0, 0.1) is 17.2 Å². The van der Waals surface area contributed by atoms with Crippen LogP contribution in [-0.2, 0) is 11.2 Å². The number of fused-ring (bicyclic) bond motifs is 1. The van der Waals surface area contributed by atoms with Crippen molar-refractivity contribution in [1.82, 2.24) is 4.90 Å². The lowest BCUT2D eigenvalue weighted by molar-refractivity contribution is -0.143. The van der Waals surface area contributed by atoms with Crippen LogP contribution in [-0.4, -0.2) is 30.0 Å². The molecule has 2 heterocycles. The van der Waals surface area contributed by atoms with Crippen LogP contribution in [0.4, 0.5) is 0 Å². The zero-order chi connectivity index (χ0) is 17.3. The van der Waals surface area contributed by atoms with Gasteiger partial charge in [-0.2, -0.15) is 5.26 Å². The Labute approximate surface area is 139 Å². The van der Waals surface area contributed by atoms with Gasteiger partial charge in [-0.3, -0.25) is 4.79 Å². The van der Waals surface area contributed by atoms with Crippen LogP contribution < -0.4 is 10.4 Å². The highest BCUT2D eigenvalue weighted by Gasteiger charge is 2.33. The highest BCUT2D eigenvalue weighted by atomic mass is 16.5. The molecule has 1 saturated heterocycles. The van der Waals surface area contributed by atoms with E-state index in [2.05, 4.69) is 6.07 Å². The summed E-state index contributed by atoms with van der Waals surface area (Å²) >= 11 is 0. The second-order valence-corrected chi connectivity index (χ2v) is 5.93. The van der Waals surface area contributed by atoms with Crippen molar-refractivity contribution >= 4 is 16.9 Å². The van der Waals surface area contributed by atoms with Crippen LogP contribution in [0.5, 0.6) is 5.75 Å². The predicted molar refractivity (Wildman–Crippen MR) is 87.6 cm³/mol. The Morgan fingerprint density at radius 2 is 2.21 bits per heavy atom. The van der Waals surface area contributed by atoms with Gasteiger partial charge >= 0.3 is 5.63 Å². The van der Waals surface area contributed by atoms with Crippen LogP contribution in [0.15, 0.2) is 33.5 Å². The van der Waals surface area contributed by atoms with Crippen molar-refractivity contribution in [1.29, 1.82) is 5.26 Å². The predicted octanol–water partition coefficient (Wildman–Crippen LogP) is 2.10. The summed E-state index contributed by atoms with van der Waals surface area (Å²) in [5.41, 5.74) is 0.966. The van der Waals surface area contributed by atoms with Crippen molar-refractivity contribution < 1.29 is 13.9 Å². The Bertz CT molecular complexity index is 875. The molecule has 0 saturated carbocycles. The SMILES string of the molecule is CCc1cc(=O)oc2cc(OC(C)C(=O)N3CC(C#N)C3)ccc12. The fourth-order valence-electron chi connectivity index (χ4n) is 2.83. The second kappa shape index (κ2) is 6.36. The summed E-state index contributed by atoms with van der Waals surface area (Å²) in [5.74, 6) is 0.242. The number of likely N-dealkylation sites (tertiary alicyclic amines) is 1. The molecule has 0 spiro atoms. The fourth-order valence-corrected chi connectivity index (χ4v) is 2.83. The maximum atomic E-state index is 12.2. The van der Waals surface area contributed by atoms with Gasteiger partial charge in [0.2, 0.25) is 0 Å². The summed E-state index contributed by atoms with van der Waals surface area (Å²) in [7, 11) is 0. The molecule has 6 nitrogen and oxygen atoms in total. The molecule has 1 unspecified atom stereocenters. The van der Waals surface area contributed by atoms with Gasteiger partial charge in [-0.15, -0.1) is 0 Å². The van der Waals surface area contributed by atoms with E-state index < -0.39 is 11.7 Å². The molecule has 0 radical (unpaired) electrons. The Balaban J connectivity index is 1.77. The summed E-state index contributed by atoms with van der Waals surface area (Å²) in [6, 6.07) is 8.85. The maximum absolute atomic E-state index is 12.2. The Morgan fingerprint density at radius 3 is 2.88 bits per heavy atom. The molecule has 0 bridgehead atoms. The normalized spacial score (nSPS) is 15.6. The minimum atomic E-state index is -0.664. The number of nitriles is 1. The Kier molecular flexibility index (Phi) is 4.26. The third-order valence-corrected chi connectivity index (χ3v) is 4.22. The zero-order valence-electron chi connectivity index (χ0n) is 13.6. The number of carbonyl (C=O) groups excluding carboxylic acids is 1. The van der Waals surface area contributed by atoms with E-state index in [0.29, 0.717) is 24.4 Å². The minimum absolute atomic E-state index is 0.0800. The first-order chi connectivity index (χ1) is 11.5. The molecule has 1 aliphatic heterocycles. The monoisotopic (exact) mass is 326 g/mol. The highest BCUT2D eigenvalue weighted by Crippen LogP contribution is 2.24. The van der Waals surface area contributed by atoms with Gasteiger partial charge in [0.05, 0.1) is 12.0 Å². The van der Waals surface area contributed by atoms with E-state index in [1.165, 1.54) is 6.07 Å². The number of hydrogen-bond acceptors (Lipinski definition) is 5. The van der Waals surface area contributed by atoms with E-state index in [1.807, 2.05) is 13.0 Å². The average molecular weight is 326 g/mol. The molecule has 0 aliphatic carbocycles. The number of hydrogen-bond donors (Lipinski definition) is 0. The van der Waals surface area contributed by atoms with E-state index in [4.69, 9.17) is 14.4 Å². The molecule has 1 aromatic carbocycles. The minimum Gasteiger partial charge on any atom is -0.481 e. The van der Waals surface area contributed by atoms with Crippen molar-refractivity contribution in [2.75, 3.05) is 13.1 Å². The topological polar surface area (TPSA) is 83.5 Å². The number of nitrogens with zero attached hydrogens (tertiary/aromatic N) is 2. The third-order valence-electron chi connectivity index (χ3n) is 4.22. The van der Waals surface area contributed by atoms with Gasteiger partial charge in [-0.1, -0.05) is 6.92 Å². The number of amides is 1. The number of aryl methyl sites for hydroxylation is 1. The third kappa shape index (κ3) is 2.98. The molecule has 24 heavy (non-hydrogen) atoms. The molecule has 1 aliphatic rings. The molecule has 1 aromatic heterocycles. The standard InChI is InChI=1S/C18H18N2O4/c1-3-13-6-17(21)24-16-7-14(4-5-15(13)16)23-11(2)18(22)20-9-12(8-19)10-20/h4-7,11-12H,3,9-10H2,1-2H3. The van der Waals surface area contributed by atoms with Gasteiger partial charge in [0.25, 0.3) is 5.91 Å². The molecule has 0 N–H and O–H groups in total. The van der Waals surface area contributed by atoms with Crippen molar-refractivity contribution in [3.05, 3.63) is 40.2 Å². The second-order valence-electron chi connectivity index (χ2n) is 5.93. The highest BCUT2D eigenvalue weighted by molar-refractivity contribution is 5.83. The van der Waals surface area contributed by atoms with Gasteiger partial charge in [-0.05, 0) is 31.0 Å². The summed E-state index contributed by atoms with van der Waals surface area (Å²) in [5, 5.41) is 9.63. The number of benzene rings is 1. The summed E-state index contributed by atoms with van der Waals surface area (Å²) in [4.78, 5) is 25.4. The van der Waals surface area contributed by atoms with Crippen molar-refractivity contribution in [2.45, 2.75) is 26.4 Å². The van der Waals surface area contributed by atoms with Gasteiger partial charge in [0, 0.05) is 30.6 Å². The van der Waals surface area contributed by atoms with Crippen LogP contribution >= 0.6 is 0 Å². The van der Waals surface area contributed by atoms with E-state index >= 15 is 0 Å². The maximum Gasteiger partial charge on any atom is 0.336 e.